The standard InChI is InChI=1S/C25H49N2/c1-4-7-9-11-12-13-14-15-16-17-18-20-22-27-24-23-26(6-3)25(27)21-19-10-8-5-2/h23-24H,4-22H2,1-3H3/q+1. The minimum atomic E-state index is 1.11. The number of nitrogens with zero attached hydrogens (tertiary/aromatic N) is 2. The summed E-state index contributed by atoms with van der Waals surface area (Å²) >= 11 is 0. The van der Waals surface area contributed by atoms with Crippen LogP contribution in [0.2, 0.25) is 0 Å². The first-order valence-corrected chi connectivity index (χ1v) is 12.4. The van der Waals surface area contributed by atoms with E-state index in [1.807, 2.05) is 0 Å². The predicted octanol–water partition coefficient (Wildman–Crippen LogP) is 7.62. The van der Waals surface area contributed by atoms with E-state index >= 15 is 0 Å². The smallest absolute Gasteiger partial charge is 0.235 e. The minimum absolute atomic E-state index is 1.11. The van der Waals surface area contributed by atoms with Crippen LogP contribution in [0.25, 0.3) is 0 Å². The highest BCUT2D eigenvalue weighted by atomic mass is 15.1. The number of imidazole rings is 1. The molecule has 0 unspecified atom stereocenters. The first kappa shape index (κ1) is 24.2. The molecule has 0 aliphatic carbocycles. The fourth-order valence-corrected chi connectivity index (χ4v) is 4.11. The summed E-state index contributed by atoms with van der Waals surface area (Å²) < 4.78 is 4.98. The van der Waals surface area contributed by atoms with Crippen molar-refractivity contribution in [3.05, 3.63) is 18.2 Å². The maximum absolute atomic E-state index is 2.53. The van der Waals surface area contributed by atoms with Gasteiger partial charge < -0.3 is 0 Å². The number of rotatable bonds is 19. The van der Waals surface area contributed by atoms with Crippen molar-refractivity contribution in [3.63, 3.8) is 0 Å². The highest BCUT2D eigenvalue weighted by Crippen LogP contribution is 2.12. The number of unbranched alkanes of at least 4 members (excludes halogenated alkanes) is 14. The third kappa shape index (κ3) is 11.6. The second-order valence-corrected chi connectivity index (χ2v) is 8.39. The normalized spacial score (nSPS) is 11.4. The molecule has 0 saturated carbocycles. The van der Waals surface area contributed by atoms with Gasteiger partial charge in [-0.05, 0) is 26.2 Å². The monoisotopic (exact) mass is 377 g/mol. The van der Waals surface area contributed by atoms with Crippen LogP contribution in [0.4, 0.5) is 0 Å². The largest absolute Gasteiger partial charge is 0.256 e. The van der Waals surface area contributed by atoms with Crippen molar-refractivity contribution in [2.75, 3.05) is 0 Å². The molecule has 2 heteroatoms. The third-order valence-electron chi connectivity index (χ3n) is 5.94. The van der Waals surface area contributed by atoms with Gasteiger partial charge in [-0.25, -0.2) is 9.13 Å². The van der Waals surface area contributed by atoms with Gasteiger partial charge in [0.15, 0.2) is 0 Å². The molecule has 0 spiro atoms. The number of aromatic nitrogens is 2. The molecule has 0 saturated heterocycles. The molecule has 27 heavy (non-hydrogen) atoms. The highest BCUT2D eigenvalue weighted by Gasteiger charge is 2.15. The van der Waals surface area contributed by atoms with Crippen molar-refractivity contribution in [1.29, 1.82) is 0 Å². The Morgan fingerprint density at radius 1 is 0.630 bits per heavy atom. The van der Waals surface area contributed by atoms with Gasteiger partial charge in [-0.15, -0.1) is 0 Å². The van der Waals surface area contributed by atoms with Crippen LogP contribution in [0.3, 0.4) is 0 Å². The van der Waals surface area contributed by atoms with E-state index in [1.54, 1.807) is 5.82 Å². The molecule has 158 valence electrons. The van der Waals surface area contributed by atoms with Crippen molar-refractivity contribution in [2.24, 2.45) is 0 Å². The minimum Gasteiger partial charge on any atom is -0.235 e. The van der Waals surface area contributed by atoms with Gasteiger partial charge in [0, 0.05) is 6.42 Å². The summed E-state index contributed by atoms with van der Waals surface area (Å²) in [4.78, 5) is 0. The Morgan fingerprint density at radius 3 is 1.63 bits per heavy atom. The van der Waals surface area contributed by atoms with Crippen LogP contribution in [-0.2, 0) is 19.5 Å². The van der Waals surface area contributed by atoms with Crippen LogP contribution >= 0.6 is 0 Å². The fraction of sp³-hybridized carbons (Fsp3) is 0.880. The second kappa shape index (κ2) is 17.3. The SMILES string of the molecule is CCCCCCCCCCCCCC[n+]1ccn(CC)c1CCCCCC. The Bertz CT molecular complexity index is 436. The number of hydrogen-bond donors (Lipinski definition) is 0. The molecule has 1 aromatic heterocycles. The van der Waals surface area contributed by atoms with Gasteiger partial charge in [0.05, 0.1) is 13.1 Å². The van der Waals surface area contributed by atoms with Gasteiger partial charge in [-0.3, -0.25) is 0 Å². The van der Waals surface area contributed by atoms with Gasteiger partial charge in [-0.1, -0.05) is 97.3 Å². The average molecular weight is 378 g/mol. The van der Waals surface area contributed by atoms with Crippen LogP contribution in [0.5, 0.6) is 0 Å². The maximum Gasteiger partial charge on any atom is 0.256 e. The van der Waals surface area contributed by atoms with Crippen LogP contribution in [0.1, 0.15) is 129 Å². The summed E-state index contributed by atoms with van der Waals surface area (Å²) in [5.41, 5.74) is 0. The maximum atomic E-state index is 2.53. The van der Waals surface area contributed by atoms with Crippen molar-refractivity contribution in [2.45, 2.75) is 143 Å². The second-order valence-electron chi connectivity index (χ2n) is 8.39. The van der Waals surface area contributed by atoms with E-state index in [1.165, 1.54) is 116 Å². The van der Waals surface area contributed by atoms with Crippen molar-refractivity contribution < 1.29 is 4.57 Å². The molecule has 0 N–H and O–H groups in total. The lowest BCUT2D eigenvalue weighted by Crippen LogP contribution is -2.37. The Hall–Kier alpha value is -0.790. The molecule has 1 aromatic rings. The molecule has 0 aliphatic rings. The van der Waals surface area contributed by atoms with Gasteiger partial charge in [0.2, 0.25) is 0 Å². The van der Waals surface area contributed by atoms with Crippen molar-refractivity contribution in [3.8, 4) is 0 Å². The molecule has 0 aromatic carbocycles. The van der Waals surface area contributed by atoms with Gasteiger partial charge in [0.25, 0.3) is 5.82 Å². The Morgan fingerprint density at radius 2 is 1.11 bits per heavy atom. The summed E-state index contributed by atoms with van der Waals surface area (Å²) in [7, 11) is 0. The summed E-state index contributed by atoms with van der Waals surface area (Å²) in [6.07, 6.45) is 28.4. The van der Waals surface area contributed by atoms with E-state index < -0.39 is 0 Å². The molecule has 0 radical (unpaired) electrons. The number of hydrogen-bond acceptors (Lipinski definition) is 0. The van der Waals surface area contributed by atoms with Gasteiger partial charge in [0.1, 0.15) is 12.4 Å². The molecule has 0 atom stereocenters. The van der Waals surface area contributed by atoms with Gasteiger partial charge in [-0.2, -0.15) is 0 Å². The molecule has 0 fully saturated rings. The number of aryl methyl sites for hydroxylation is 2. The zero-order valence-electron chi connectivity index (χ0n) is 19.0. The van der Waals surface area contributed by atoms with Crippen LogP contribution in [0, 0.1) is 0 Å². The van der Waals surface area contributed by atoms with Crippen LogP contribution < -0.4 is 4.57 Å². The Kier molecular flexibility index (Phi) is 15.6. The summed E-state index contributed by atoms with van der Waals surface area (Å²) in [5, 5.41) is 0. The first-order chi connectivity index (χ1) is 13.3. The van der Waals surface area contributed by atoms with Crippen molar-refractivity contribution in [1.82, 2.24) is 4.57 Å². The van der Waals surface area contributed by atoms with Crippen LogP contribution in [-0.4, -0.2) is 4.57 Å². The van der Waals surface area contributed by atoms with Crippen LogP contribution in [0.15, 0.2) is 12.4 Å². The quantitative estimate of drug-likeness (QED) is 0.173. The zero-order chi connectivity index (χ0) is 19.6. The fourth-order valence-electron chi connectivity index (χ4n) is 4.11. The molecular weight excluding hydrogens is 328 g/mol. The zero-order valence-corrected chi connectivity index (χ0v) is 19.0. The molecule has 2 nitrogen and oxygen atoms in total. The van der Waals surface area contributed by atoms with E-state index in [2.05, 4.69) is 42.3 Å². The molecule has 1 heterocycles. The van der Waals surface area contributed by atoms with E-state index in [0.29, 0.717) is 0 Å². The lowest BCUT2D eigenvalue weighted by molar-refractivity contribution is -0.704. The first-order valence-electron chi connectivity index (χ1n) is 12.4. The topological polar surface area (TPSA) is 8.81 Å². The molecule has 0 amide bonds. The Labute approximate surface area is 170 Å². The van der Waals surface area contributed by atoms with Crippen molar-refractivity contribution >= 4 is 0 Å². The summed E-state index contributed by atoms with van der Waals surface area (Å²) in [6, 6.07) is 0. The van der Waals surface area contributed by atoms with E-state index in [9.17, 15) is 0 Å². The third-order valence-corrected chi connectivity index (χ3v) is 5.94. The van der Waals surface area contributed by atoms with E-state index in [-0.39, 0.29) is 0 Å². The van der Waals surface area contributed by atoms with E-state index in [4.69, 9.17) is 0 Å². The lowest BCUT2D eigenvalue weighted by Gasteiger charge is -2.05. The lowest BCUT2D eigenvalue weighted by atomic mass is 10.1. The predicted molar refractivity (Wildman–Crippen MR) is 119 cm³/mol. The molecule has 0 bridgehead atoms. The molecular formula is C25H49N2+. The molecule has 0 aliphatic heterocycles. The molecule has 1 rings (SSSR count). The summed E-state index contributed by atoms with van der Waals surface area (Å²) in [6.45, 7) is 9.18. The highest BCUT2D eigenvalue weighted by molar-refractivity contribution is 4.83. The Balaban J connectivity index is 2.08. The van der Waals surface area contributed by atoms with Gasteiger partial charge >= 0.3 is 0 Å². The summed E-state index contributed by atoms with van der Waals surface area (Å²) in [5.74, 6) is 1.55. The average Bonchev–Trinajstić information content (AvgIpc) is 3.08. The van der Waals surface area contributed by atoms with E-state index in [0.717, 1.165) is 6.54 Å².